The Morgan fingerprint density at radius 1 is 1.15 bits per heavy atom. The van der Waals surface area contributed by atoms with E-state index < -0.39 is 11.9 Å². The molecule has 0 saturated carbocycles. The Bertz CT molecular complexity index is 930. The van der Waals surface area contributed by atoms with Crippen molar-refractivity contribution < 1.29 is 14.7 Å². The van der Waals surface area contributed by atoms with E-state index in [1.54, 1.807) is 32.0 Å². The molecule has 0 aliphatic carbocycles. The Hall–Kier alpha value is -3.28. The minimum Gasteiger partial charge on any atom is -0.478 e. The molecule has 1 amide bonds. The highest BCUT2D eigenvalue weighted by atomic mass is 16.4. The standard InChI is InChI=1S/C20H19N3O3/c1-12-7-9-15(10-8-12)23-19(24)16(14(3)22-23)11-21-17-6-4-5-13(2)18(17)20(25)26/h4-11,16H,1-3H3,(H,25,26). The van der Waals surface area contributed by atoms with Gasteiger partial charge in [-0.3, -0.25) is 9.79 Å². The van der Waals surface area contributed by atoms with Crippen molar-refractivity contribution in [3.8, 4) is 0 Å². The number of nitrogens with zero attached hydrogens (tertiary/aromatic N) is 3. The predicted octanol–water partition coefficient (Wildman–Crippen LogP) is 3.74. The van der Waals surface area contributed by atoms with Crippen molar-refractivity contribution in [2.45, 2.75) is 20.8 Å². The van der Waals surface area contributed by atoms with Crippen molar-refractivity contribution in [1.29, 1.82) is 0 Å². The molecule has 1 aliphatic rings. The van der Waals surface area contributed by atoms with Gasteiger partial charge >= 0.3 is 5.97 Å². The Labute approximate surface area is 151 Å². The molecular weight excluding hydrogens is 330 g/mol. The molecule has 1 N–H and O–H groups in total. The van der Waals surface area contributed by atoms with Crippen molar-refractivity contribution in [2.24, 2.45) is 16.0 Å². The quantitative estimate of drug-likeness (QED) is 0.854. The second kappa shape index (κ2) is 6.92. The highest BCUT2D eigenvalue weighted by Gasteiger charge is 2.33. The largest absolute Gasteiger partial charge is 0.478 e. The first-order chi connectivity index (χ1) is 12.4. The van der Waals surface area contributed by atoms with Gasteiger partial charge in [-0.05, 0) is 44.5 Å². The molecule has 1 heterocycles. The van der Waals surface area contributed by atoms with Crippen LogP contribution in [0.25, 0.3) is 0 Å². The SMILES string of the molecule is CC1=NN(c2ccc(C)cc2)C(=O)C1C=Nc1cccc(C)c1C(=O)O. The number of carbonyl (C=O) groups excluding carboxylic acids is 1. The summed E-state index contributed by atoms with van der Waals surface area (Å²) in [6.07, 6.45) is 1.47. The number of aliphatic imine (C=N–C) groups is 1. The van der Waals surface area contributed by atoms with Crippen LogP contribution in [0.3, 0.4) is 0 Å². The third-order valence-corrected chi connectivity index (χ3v) is 4.29. The number of anilines is 1. The Morgan fingerprint density at radius 2 is 1.85 bits per heavy atom. The highest BCUT2D eigenvalue weighted by molar-refractivity contribution is 6.23. The lowest BCUT2D eigenvalue weighted by Gasteiger charge is -2.13. The zero-order valence-electron chi connectivity index (χ0n) is 14.8. The van der Waals surface area contributed by atoms with Crippen molar-refractivity contribution in [1.82, 2.24) is 0 Å². The molecule has 0 aromatic heterocycles. The van der Waals surface area contributed by atoms with Crippen LogP contribution in [0, 0.1) is 19.8 Å². The first-order valence-corrected chi connectivity index (χ1v) is 8.21. The summed E-state index contributed by atoms with van der Waals surface area (Å²) in [6.45, 7) is 5.45. The first-order valence-electron chi connectivity index (χ1n) is 8.21. The zero-order chi connectivity index (χ0) is 18.8. The van der Waals surface area contributed by atoms with Crippen LogP contribution in [-0.2, 0) is 4.79 Å². The van der Waals surface area contributed by atoms with Gasteiger partial charge in [-0.1, -0.05) is 29.8 Å². The molecule has 6 heteroatoms. The average Bonchev–Trinajstić information content (AvgIpc) is 2.87. The summed E-state index contributed by atoms with van der Waals surface area (Å²) in [4.78, 5) is 28.5. The van der Waals surface area contributed by atoms with Crippen LogP contribution >= 0.6 is 0 Å². The lowest BCUT2D eigenvalue weighted by molar-refractivity contribution is -0.118. The summed E-state index contributed by atoms with van der Waals surface area (Å²) in [5, 5.41) is 15.1. The molecule has 0 radical (unpaired) electrons. The number of carboxylic acid groups (broad SMARTS) is 1. The van der Waals surface area contributed by atoms with E-state index in [4.69, 9.17) is 0 Å². The Balaban J connectivity index is 1.88. The van der Waals surface area contributed by atoms with E-state index in [1.807, 2.05) is 31.2 Å². The van der Waals surface area contributed by atoms with Crippen molar-refractivity contribution >= 4 is 35.2 Å². The van der Waals surface area contributed by atoms with Gasteiger partial charge in [0.2, 0.25) is 0 Å². The average molecular weight is 349 g/mol. The second-order valence-electron chi connectivity index (χ2n) is 6.26. The summed E-state index contributed by atoms with van der Waals surface area (Å²) < 4.78 is 0. The Morgan fingerprint density at radius 3 is 2.50 bits per heavy atom. The van der Waals surface area contributed by atoms with Gasteiger partial charge in [0.1, 0.15) is 5.92 Å². The zero-order valence-corrected chi connectivity index (χ0v) is 14.8. The molecule has 2 aromatic rings. The number of hydrogen-bond acceptors (Lipinski definition) is 4. The van der Waals surface area contributed by atoms with Crippen molar-refractivity contribution in [2.75, 3.05) is 5.01 Å². The number of aryl methyl sites for hydroxylation is 2. The molecule has 0 bridgehead atoms. The third-order valence-electron chi connectivity index (χ3n) is 4.29. The molecule has 26 heavy (non-hydrogen) atoms. The molecule has 1 aliphatic heterocycles. The molecule has 6 nitrogen and oxygen atoms in total. The van der Waals surface area contributed by atoms with Gasteiger partial charge in [-0.15, -0.1) is 0 Å². The fraction of sp³-hybridized carbons (Fsp3) is 0.200. The van der Waals surface area contributed by atoms with Crippen LogP contribution in [0.1, 0.15) is 28.4 Å². The Kier molecular flexibility index (Phi) is 4.67. The van der Waals surface area contributed by atoms with Crippen LogP contribution in [0.4, 0.5) is 11.4 Å². The van der Waals surface area contributed by atoms with Gasteiger partial charge in [0.25, 0.3) is 5.91 Å². The van der Waals surface area contributed by atoms with Gasteiger partial charge in [0.05, 0.1) is 22.6 Å². The molecule has 0 spiro atoms. The van der Waals surface area contributed by atoms with Gasteiger partial charge in [-0.25, -0.2) is 4.79 Å². The van der Waals surface area contributed by atoms with Gasteiger partial charge in [0, 0.05) is 6.21 Å². The van der Waals surface area contributed by atoms with Crippen LogP contribution in [0.5, 0.6) is 0 Å². The van der Waals surface area contributed by atoms with Gasteiger partial charge in [0.15, 0.2) is 0 Å². The lowest BCUT2D eigenvalue weighted by atomic mass is 10.0. The van der Waals surface area contributed by atoms with Gasteiger partial charge in [-0.2, -0.15) is 10.1 Å². The van der Waals surface area contributed by atoms with E-state index in [0.717, 1.165) is 5.56 Å². The maximum Gasteiger partial charge on any atom is 0.338 e. The molecule has 3 rings (SSSR count). The molecular formula is C20H19N3O3. The first kappa shape index (κ1) is 17.5. The summed E-state index contributed by atoms with van der Waals surface area (Å²) in [5.74, 6) is -1.86. The molecule has 0 saturated heterocycles. The summed E-state index contributed by atoms with van der Waals surface area (Å²) in [5.41, 5.74) is 3.49. The predicted molar refractivity (Wildman–Crippen MR) is 102 cm³/mol. The molecule has 0 fully saturated rings. The molecule has 1 atom stereocenters. The number of amides is 1. The van der Waals surface area contributed by atoms with Crippen LogP contribution in [-0.4, -0.2) is 28.9 Å². The van der Waals surface area contributed by atoms with E-state index in [9.17, 15) is 14.7 Å². The number of carboxylic acids is 1. The topological polar surface area (TPSA) is 82.3 Å². The maximum absolute atomic E-state index is 12.7. The molecule has 2 aromatic carbocycles. The lowest BCUT2D eigenvalue weighted by Crippen LogP contribution is -2.27. The van der Waals surface area contributed by atoms with E-state index in [-0.39, 0.29) is 11.5 Å². The van der Waals surface area contributed by atoms with Gasteiger partial charge < -0.3 is 5.11 Å². The number of aromatic carboxylic acids is 1. The smallest absolute Gasteiger partial charge is 0.338 e. The van der Waals surface area contributed by atoms with Crippen LogP contribution in [0.15, 0.2) is 52.6 Å². The summed E-state index contributed by atoms with van der Waals surface area (Å²) in [6, 6.07) is 12.6. The second-order valence-corrected chi connectivity index (χ2v) is 6.26. The highest BCUT2D eigenvalue weighted by Crippen LogP contribution is 2.26. The fourth-order valence-electron chi connectivity index (χ4n) is 2.82. The number of rotatable bonds is 4. The fourth-order valence-corrected chi connectivity index (χ4v) is 2.82. The number of hydrazone groups is 1. The number of carbonyl (C=O) groups is 2. The van der Waals surface area contributed by atoms with E-state index >= 15 is 0 Å². The van der Waals surface area contributed by atoms with Crippen LogP contribution < -0.4 is 5.01 Å². The van der Waals surface area contributed by atoms with Crippen molar-refractivity contribution in [3.63, 3.8) is 0 Å². The normalized spacial score (nSPS) is 17.0. The minimum absolute atomic E-state index is 0.138. The molecule has 132 valence electrons. The van der Waals surface area contributed by atoms with E-state index in [1.165, 1.54) is 11.2 Å². The monoisotopic (exact) mass is 349 g/mol. The van der Waals surface area contributed by atoms with Crippen molar-refractivity contribution in [3.05, 3.63) is 59.2 Å². The summed E-state index contributed by atoms with van der Waals surface area (Å²) >= 11 is 0. The van der Waals surface area contributed by atoms with E-state index in [2.05, 4.69) is 10.1 Å². The number of benzene rings is 2. The minimum atomic E-state index is -1.04. The number of hydrogen-bond donors (Lipinski definition) is 1. The van der Waals surface area contributed by atoms with Crippen LogP contribution in [0.2, 0.25) is 0 Å². The van der Waals surface area contributed by atoms with E-state index in [0.29, 0.717) is 22.6 Å². The third kappa shape index (κ3) is 3.26. The molecule has 1 unspecified atom stereocenters. The summed E-state index contributed by atoms with van der Waals surface area (Å²) in [7, 11) is 0. The maximum atomic E-state index is 12.7.